The lowest BCUT2D eigenvalue weighted by molar-refractivity contribution is -0.122. The molecule has 0 aliphatic carbocycles. The van der Waals surface area contributed by atoms with Crippen molar-refractivity contribution in [2.24, 2.45) is 5.41 Å². The van der Waals surface area contributed by atoms with E-state index in [1.165, 1.54) is 29.9 Å². The van der Waals surface area contributed by atoms with Gasteiger partial charge in [-0.2, -0.15) is 0 Å². The molecule has 8 nitrogen and oxygen atoms in total. The Kier molecular flexibility index (Phi) is 8.59. The van der Waals surface area contributed by atoms with Crippen LogP contribution in [-0.2, 0) is 11.3 Å². The number of amides is 1. The van der Waals surface area contributed by atoms with Crippen molar-refractivity contribution in [3.05, 3.63) is 52.6 Å². The van der Waals surface area contributed by atoms with Crippen LogP contribution in [-0.4, -0.2) is 54.3 Å². The van der Waals surface area contributed by atoms with Gasteiger partial charge in [-0.15, -0.1) is 0 Å². The second-order valence-corrected chi connectivity index (χ2v) is 11.5. The van der Waals surface area contributed by atoms with Crippen LogP contribution >= 0.6 is 0 Å². The molecule has 210 valence electrons. The van der Waals surface area contributed by atoms with Crippen LogP contribution in [0.5, 0.6) is 5.75 Å². The van der Waals surface area contributed by atoms with Gasteiger partial charge >= 0.3 is 0 Å². The van der Waals surface area contributed by atoms with Gasteiger partial charge in [-0.05, 0) is 62.1 Å². The monoisotopic (exact) mass is 537 g/mol. The normalized spacial score (nSPS) is 17.3. The number of aromatic nitrogens is 2. The number of methoxy groups -OCH3 is 1. The first kappa shape index (κ1) is 28.5. The van der Waals surface area contributed by atoms with E-state index < -0.39 is 5.82 Å². The number of halogens is 1. The number of rotatable bonds is 8. The number of carbonyl (C=O) groups excluding carboxylic acids is 1. The third-order valence-electron chi connectivity index (χ3n) is 7.03. The lowest BCUT2D eigenvalue weighted by Gasteiger charge is -2.31. The molecule has 0 saturated carbocycles. The van der Waals surface area contributed by atoms with E-state index in [1.807, 2.05) is 32.0 Å². The topological polar surface area (TPSA) is 88.5 Å². The molecule has 1 aliphatic rings. The van der Waals surface area contributed by atoms with Crippen molar-refractivity contribution in [2.45, 2.75) is 66.1 Å². The molecule has 0 spiro atoms. The van der Waals surface area contributed by atoms with E-state index in [1.54, 1.807) is 0 Å². The molecule has 2 heterocycles. The minimum atomic E-state index is -0.519. The van der Waals surface area contributed by atoms with Gasteiger partial charge in [0.2, 0.25) is 5.91 Å². The fourth-order valence-electron chi connectivity index (χ4n) is 5.21. The van der Waals surface area contributed by atoms with E-state index in [-0.39, 0.29) is 41.0 Å². The van der Waals surface area contributed by atoms with Gasteiger partial charge < -0.3 is 20.3 Å². The predicted molar refractivity (Wildman–Crippen MR) is 154 cm³/mol. The van der Waals surface area contributed by atoms with Crippen molar-refractivity contribution >= 4 is 22.5 Å². The number of hydrogen-bond acceptors (Lipinski definition) is 6. The smallest absolute Gasteiger partial charge is 0.262 e. The van der Waals surface area contributed by atoms with Gasteiger partial charge in [0.15, 0.2) is 11.6 Å². The van der Waals surface area contributed by atoms with Crippen LogP contribution in [0.25, 0.3) is 22.3 Å². The number of nitrogens with one attached hydrogen (secondary N) is 2. The van der Waals surface area contributed by atoms with Crippen LogP contribution in [0.15, 0.2) is 41.2 Å². The van der Waals surface area contributed by atoms with Crippen molar-refractivity contribution in [2.75, 3.05) is 31.6 Å². The molecule has 39 heavy (non-hydrogen) atoms. The van der Waals surface area contributed by atoms with Crippen molar-refractivity contribution in [1.29, 1.82) is 0 Å². The zero-order valence-electron chi connectivity index (χ0n) is 23.8. The maximum atomic E-state index is 14.2. The minimum absolute atomic E-state index is 0.0365. The molecule has 0 bridgehead atoms. The Labute approximate surface area is 229 Å². The number of carbonyl (C=O) groups is 1. The SMILES string of the molecule is CCCC1CN(c2ccc3nc(-c4ccc(F)c(OC)c4)n(CC(=O)NC(C)C)c(=O)c3c2)CC(C)(C)CN1. The average Bonchev–Trinajstić information content (AvgIpc) is 3.03. The van der Waals surface area contributed by atoms with E-state index in [2.05, 4.69) is 36.3 Å². The van der Waals surface area contributed by atoms with Crippen LogP contribution in [0.4, 0.5) is 10.1 Å². The number of ether oxygens (including phenoxy) is 1. The first-order chi connectivity index (χ1) is 18.5. The van der Waals surface area contributed by atoms with E-state index in [9.17, 15) is 14.0 Å². The highest BCUT2D eigenvalue weighted by Gasteiger charge is 2.29. The van der Waals surface area contributed by atoms with E-state index in [4.69, 9.17) is 9.72 Å². The Morgan fingerprint density at radius 3 is 2.72 bits per heavy atom. The van der Waals surface area contributed by atoms with Crippen LogP contribution in [0.3, 0.4) is 0 Å². The van der Waals surface area contributed by atoms with Gasteiger partial charge in [0.25, 0.3) is 5.56 Å². The first-order valence-electron chi connectivity index (χ1n) is 13.7. The highest BCUT2D eigenvalue weighted by molar-refractivity contribution is 5.85. The molecule has 2 aromatic carbocycles. The van der Waals surface area contributed by atoms with Gasteiger partial charge in [0, 0.05) is 43.0 Å². The average molecular weight is 538 g/mol. The summed E-state index contributed by atoms with van der Waals surface area (Å²) in [5, 5.41) is 6.99. The Hall–Kier alpha value is -3.46. The summed E-state index contributed by atoms with van der Waals surface area (Å²) in [5.41, 5.74) is 1.68. The van der Waals surface area contributed by atoms with Crippen molar-refractivity contribution < 1.29 is 13.9 Å². The second kappa shape index (κ2) is 11.7. The summed E-state index contributed by atoms with van der Waals surface area (Å²) >= 11 is 0. The van der Waals surface area contributed by atoms with Gasteiger partial charge in [0.05, 0.1) is 18.0 Å². The third-order valence-corrected chi connectivity index (χ3v) is 7.03. The Morgan fingerprint density at radius 2 is 2.03 bits per heavy atom. The molecule has 1 aromatic heterocycles. The molecule has 4 rings (SSSR count). The first-order valence-corrected chi connectivity index (χ1v) is 13.7. The standard InChI is InChI=1S/C30H40FN5O3/c1-7-8-21-15-35(18-30(4,5)17-32-21)22-10-12-25-23(14-22)29(38)36(16-27(37)33-19(2)3)28(34-25)20-9-11-24(31)26(13-20)39-6/h9-14,19,21,32H,7-8,15-18H2,1-6H3,(H,33,37). The highest BCUT2D eigenvalue weighted by Crippen LogP contribution is 2.29. The quantitative estimate of drug-likeness (QED) is 0.445. The summed E-state index contributed by atoms with van der Waals surface area (Å²) in [5.74, 6) is -0.508. The molecule has 1 amide bonds. The maximum absolute atomic E-state index is 14.2. The molecular weight excluding hydrogens is 497 g/mol. The third kappa shape index (κ3) is 6.58. The fraction of sp³-hybridized carbons (Fsp3) is 0.500. The number of benzene rings is 2. The van der Waals surface area contributed by atoms with Gasteiger partial charge in [-0.1, -0.05) is 27.2 Å². The summed E-state index contributed by atoms with van der Waals surface area (Å²) in [6.07, 6.45) is 2.16. The van der Waals surface area contributed by atoms with Crippen molar-refractivity contribution in [3.63, 3.8) is 0 Å². The molecule has 1 fully saturated rings. The van der Waals surface area contributed by atoms with Crippen LogP contribution in [0, 0.1) is 11.2 Å². The van der Waals surface area contributed by atoms with E-state index in [0.29, 0.717) is 22.5 Å². The summed E-state index contributed by atoms with van der Waals surface area (Å²) in [7, 11) is 1.38. The van der Waals surface area contributed by atoms with Crippen LogP contribution in [0.1, 0.15) is 47.5 Å². The van der Waals surface area contributed by atoms with Gasteiger partial charge in [0.1, 0.15) is 12.4 Å². The number of fused-ring (bicyclic) bond motifs is 1. The second-order valence-electron chi connectivity index (χ2n) is 11.5. The Balaban J connectivity index is 1.84. The minimum Gasteiger partial charge on any atom is -0.494 e. The molecule has 2 N–H and O–H groups in total. The van der Waals surface area contributed by atoms with Crippen LogP contribution in [0.2, 0.25) is 0 Å². The molecular formula is C30H40FN5O3. The molecule has 0 radical (unpaired) electrons. The summed E-state index contributed by atoms with van der Waals surface area (Å²) in [6, 6.07) is 10.3. The lowest BCUT2D eigenvalue weighted by Crippen LogP contribution is -2.38. The number of anilines is 1. The summed E-state index contributed by atoms with van der Waals surface area (Å²) < 4.78 is 20.7. The molecule has 3 aromatic rings. The molecule has 1 unspecified atom stereocenters. The largest absolute Gasteiger partial charge is 0.494 e. The van der Waals surface area contributed by atoms with Gasteiger partial charge in [-0.25, -0.2) is 9.37 Å². The van der Waals surface area contributed by atoms with Crippen LogP contribution < -0.4 is 25.8 Å². The molecule has 1 saturated heterocycles. The number of nitrogens with zero attached hydrogens (tertiary/aromatic N) is 3. The fourth-order valence-corrected chi connectivity index (χ4v) is 5.21. The van der Waals surface area contributed by atoms with E-state index >= 15 is 0 Å². The maximum Gasteiger partial charge on any atom is 0.262 e. The number of hydrogen-bond donors (Lipinski definition) is 2. The molecule has 9 heteroatoms. The van der Waals surface area contributed by atoms with E-state index in [0.717, 1.165) is 38.2 Å². The van der Waals surface area contributed by atoms with Crippen molar-refractivity contribution in [1.82, 2.24) is 20.2 Å². The zero-order chi connectivity index (χ0) is 28.3. The molecule has 1 atom stereocenters. The summed E-state index contributed by atoms with van der Waals surface area (Å²) in [4.78, 5) is 33.9. The predicted octanol–water partition coefficient (Wildman–Crippen LogP) is 4.34. The lowest BCUT2D eigenvalue weighted by atomic mass is 9.93. The molecule has 1 aliphatic heterocycles. The zero-order valence-corrected chi connectivity index (χ0v) is 23.8. The Morgan fingerprint density at radius 1 is 1.26 bits per heavy atom. The van der Waals surface area contributed by atoms with Crippen molar-refractivity contribution in [3.8, 4) is 17.1 Å². The highest BCUT2D eigenvalue weighted by atomic mass is 19.1. The van der Waals surface area contributed by atoms with Gasteiger partial charge in [-0.3, -0.25) is 14.2 Å². The summed E-state index contributed by atoms with van der Waals surface area (Å²) in [6.45, 7) is 12.8. The Bertz CT molecular complexity index is 1400.